The Morgan fingerprint density at radius 1 is 1.20 bits per heavy atom. The fourth-order valence-corrected chi connectivity index (χ4v) is 3.02. The summed E-state index contributed by atoms with van der Waals surface area (Å²) >= 11 is 3.65. The van der Waals surface area contributed by atoms with Gasteiger partial charge in [-0.3, -0.25) is 0 Å². The largest absolute Gasteiger partial charge is 0.378 e. The van der Waals surface area contributed by atoms with Gasteiger partial charge in [0, 0.05) is 17.6 Å². The highest BCUT2D eigenvalue weighted by Crippen LogP contribution is 2.31. The molecule has 3 heteroatoms. The molecule has 2 rings (SSSR count). The van der Waals surface area contributed by atoms with Crippen LogP contribution in [0, 0.1) is 13.8 Å². The summed E-state index contributed by atoms with van der Waals surface area (Å²) in [5, 5.41) is 0. The van der Waals surface area contributed by atoms with E-state index in [9.17, 15) is 0 Å². The number of hydrogen-bond acceptors (Lipinski definition) is 2. The van der Waals surface area contributed by atoms with Gasteiger partial charge in [0.05, 0.1) is 18.9 Å². The summed E-state index contributed by atoms with van der Waals surface area (Å²) in [6, 6.07) is 4.41. The van der Waals surface area contributed by atoms with E-state index in [1.807, 2.05) is 0 Å². The molecular formula is C12H16BrNO. The Morgan fingerprint density at radius 2 is 1.87 bits per heavy atom. The van der Waals surface area contributed by atoms with E-state index in [-0.39, 0.29) is 0 Å². The van der Waals surface area contributed by atoms with E-state index < -0.39 is 0 Å². The molecule has 0 saturated carbocycles. The van der Waals surface area contributed by atoms with Crippen molar-refractivity contribution in [2.24, 2.45) is 0 Å². The minimum atomic E-state index is 0.833. The molecule has 0 radical (unpaired) electrons. The van der Waals surface area contributed by atoms with Crippen LogP contribution >= 0.6 is 15.9 Å². The third-order valence-corrected chi connectivity index (χ3v) is 3.33. The van der Waals surface area contributed by atoms with Gasteiger partial charge in [0.25, 0.3) is 0 Å². The van der Waals surface area contributed by atoms with Crippen LogP contribution in [0.1, 0.15) is 11.1 Å². The zero-order valence-corrected chi connectivity index (χ0v) is 10.8. The Kier molecular flexibility index (Phi) is 3.32. The van der Waals surface area contributed by atoms with Crippen molar-refractivity contribution in [3.8, 4) is 0 Å². The molecule has 1 aromatic rings. The van der Waals surface area contributed by atoms with Crippen LogP contribution in [0.2, 0.25) is 0 Å². The van der Waals surface area contributed by atoms with E-state index in [2.05, 4.69) is 46.8 Å². The number of nitrogens with zero attached hydrogens (tertiary/aromatic N) is 1. The molecule has 0 bridgehead atoms. The zero-order valence-electron chi connectivity index (χ0n) is 9.22. The van der Waals surface area contributed by atoms with Gasteiger partial charge in [-0.05, 0) is 47.0 Å². The molecule has 0 aromatic heterocycles. The molecule has 0 N–H and O–H groups in total. The molecule has 0 atom stereocenters. The number of rotatable bonds is 1. The van der Waals surface area contributed by atoms with E-state index in [1.165, 1.54) is 21.3 Å². The zero-order chi connectivity index (χ0) is 10.8. The number of ether oxygens (including phenoxy) is 1. The molecule has 82 valence electrons. The first-order valence-corrected chi connectivity index (χ1v) is 6.07. The highest BCUT2D eigenvalue weighted by molar-refractivity contribution is 9.10. The number of morpholine rings is 1. The van der Waals surface area contributed by atoms with Crippen LogP contribution in [-0.2, 0) is 4.74 Å². The second-order valence-corrected chi connectivity index (χ2v) is 4.87. The summed E-state index contributed by atoms with van der Waals surface area (Å²) in [4.78, 5) is 2.39. The number of aryl methyl sites for hydroxylation is 2. The Morgan fingerprint density at radius 3 is 2.47 bits per heavy atom. The van der Waals surface area contributed by atoms with Crippen molar-refractivity contribution in [2.45, 2.75) is 13.8 Å². The standard InChI is InChI=1S/C12H16BrNO/c1-9-7-10(2)12(11(13)8-9)14-3-5-15-6-4-14/h7-8H,3-6H2,1-2H3. The minimum absolute atomic E-state index is 0.833. The van der Waals surface area contributed by atoms with E-state index >= 15 is 0 Å². The van der Waals surface area contributed by atoms with Gasteiger partial charge in [-0.2, -0.15) is 0 Å². The molecule has 1 heterocycles. The van der Waals surface area contributed by atoms with Gasteiger partial charge < -0.3 is 9.64 Å². The second-order valence-electron chi connectivity index (χ2n) is 4.01. The van der Waals surface area contributed by atoms with Crippen LogP contribution in [0.3, 0.4) is 0 Å². The van der Waals surface area contributed by atoms with E-state index in [1.54, 1.807) is 0 Å². The van der Waals surface area contributed by atoms with E-state index in [0.717, 1.165) is 26.3 Å². The average molecular weight is 270 g/mol. The Bertz CT molecular complexity index is 336. The molecule has 1 aliphatic heterocycles. The monoisotopic (exact) mass is 269 g/mol. The maximum absolute atomic E-state index is 5.37. The third kappa shape index (κ3) is 2.34. The van der Waals surface area contributed by atoms with Gasteiger partial charge in [-0.15, -0.1) is 0 Å². The van der Waals surface area contributed by atoms with Crippen LogP contribution in [0.25, 0.3) is 0 Å². The fraction of sp³-hybridized carbons (Fsp3) is 0.500. The first-order valence-electron chi connectivity index (χ1n) is 5.28. The predicted octanol–water partition coefficient (Wildman–Crippen LogP) is 2.90. The molecule has 15 heavy (non-hydrogen) atoms. The van der Waals surface area contributed by atoms with Crippen molar-refractivity contribution < 1.29 is 4.74 Å². The van der Waals surface area contributed by atoms with E-state index in [0.29, 0.717) is 0 Å². The van der Waals surface area contributed by atoms with Crippen LogP contribution in [-0.4, -0.2) is 26.3 Å². The summed E-state index contributed by atoms with van der Waals surface area (Å²) in [5.74, 6) is 0. The lowest BCUT2D eigenvalue weighted by Gasteiger charge is -2.31. The number of benzene rings is 1. The first kappa shape index (κ1) is 11.0. The lowest BCUT2D eigenvalue weighted by molar-refractivity contribution is 0.122. The SMILES string of the molecule is Cc1cc(C)c(N2CCOCC2)c(Br)c1. The molecule has 0 spiro atoms. The average Bonchev–Trinajstić information content (AvgIpc) is 2.17. The maximum Gasteiger partial charge on any atom is 0.0642 e. The van der Waals surface area contributed by atoms with Gasteiger partial charge >= 0.3 is 0 Å². The molecule has 1 aromatic carbocycles. The third-order valence-electron chi connectivity index (χ3n) is 2.73. The molecule has 1 fully saturated rings. The highest BCUT2D eigenvalue weighted by atomic mass is 79.9. The van der Waals surface area contributed by atoms with Crippen LogP contribution in [0.15, 0.2) is 16.6 Å². The van der Waals surface area contributed by atoms with Crippen molar-refractivity contribution >= 4 is 21.6 Å². The number of halogens is 1. The first-order chi connectivity index (χ1) is 7.18. The van der Waals surface area contributed by atoms with Gasteiger partial charge in [-0.25, -0.2) is 0 Å². The van der Waals surface area contributed by atoms with Crippen molar-refractivity contribution in [1.82, 2.24) is 0 Å². The lowest BCUT2D eigenvalue weighted by atomic mass is 10.1. The van der Waals surface area contributed by atoms with Gasteiger partial charge in [0.15, 0.2) is 0 Å². The van der Waals surface area contributed by atoms with Crippen molar-refractivity contribution in [1.29, 1.82) is 0 Å². The van der Waals surface area contributed by atoms with Crippen LogP contribution in [0.5, 0.6) is 0 Å². The Labute approximate surface area is 99.4 Å². The molecule has 2 nitrogen and oxygen atoms in total. The lowest BCUT2D eigenvalue weighted by Crippen LogP contribution is -2.36. The van der Waals surface area contributed by atoms with Gasteiger partial charge in [0.1, 0.15) is 0 Å². The molecular weight excluding hydrogens is 254 g/mol. The smallest absolute Gasteiger partial charge is 0.0642 e. The number of anilines is 1. The summed E-state index contributed by atoms with van der Waals surface area (Å²) in [6.45, 7) is 7.94. The van der Waals surface area contributed by atoms with Crippen molar-refractivity contribution in [3.05, 3.63) is 27.7 Å². The summed E-state index contributed by atoms with van der Waals surface area (Å²) < 4.78 is 6.56. The highest BCUT2D eigenvalue weighted by Gasteiger charge is 2.16. The molecule has 1 aliphatic rings. The molecule has 0 amide bonds. The summed E-state index contributed by atoms with van der Waals surface area (Å²) in [6.07, 6.45) is 0. The topological polar surface area (TPSA) is 12.5 Å². The van der Waals surface area contributed by atoms with E-state index in [4.69, 9.17) is 4.74 Å². The Balaban J connectivity index is 2.33. The minimum Gasteiger partial charge on any atom is -0.378 e. The van der Waals surface area contributed by atoms with Gasteiger partial charge in [0.2, 0.25) is 0 Å². The molecule has 0 aliphatic carbocycles. The van der Waals surface area contributed by atoms with Crippen LogP contribution in [0.4, 0.5) is 5.69 Å². The Hall–Kier alpha value is -0.540. The van der Waals surface area contributed by atoms with Crippen molar-refractivity contribution in [3.63, 3.8) is 0 Å². The quantitative estimate of drug-likeness (QED) is 0.778. The summed E-state index contributed by atoms with van der Waals surface area (Å²) in [5.41, 5.74) is 3.96. The number of hydrogen-bond donors (Lipinski definition) is 0. The predicted molar refractivity (Wildman–Crippen MR) is 66.6 cm³/mol. The van der Waals surface area contributed by atoms with Gasteiger partial charge in [-0.1, -0.05) is 6.07 Å². The van der Waals surface area contributed by atoms with Crippen LogP contribution < -0.4 is 4.90 Å². The molecule has 1 saturated heterocycles. The van der Waals surface area contributed by atoms with Crippen molar-refractivity contribution in [2.75, 3.05) is 31.2 Å². The molecule has 0 unspecified atom stereocenters. The normalized spacial score (nSPS) is 16.9. The fourth-order valence-electron chi connectivity index (χ4n) is 2.10. The summed E-state index contributed by atoms with van der Waals surface area (Å²) in [7, 11) is 0. The second kappa shape index (κ2) is 4.54. The maximum atomic E-state index is 5.37.